The Hall–Kier alpha value is -2.94. The molecule has 0 aliphatic heterocycles. The van der Waals surface area contributed by atoms with E-state index in [2.05, 4.69) is 10.1 Å². The van der Waals surface area contributed by atoms with Crippen LogP contribution in [0, 0.1) is 13.8 Å². The first kappa shape index (κ1) is 19.8. The Morgan fingerprint density at radius 1 is 1.25 bits per heavy atom. The van der Waals surface area contributed by atoms with E-state index in [-0.39, 0.29) is 30.6 Å². The van der Waals surface area contributed by atoms with Crippen molar-refractivity contribution in [1.82, 2.24) is 14.3 Å². The van der Waals surface area contributed by atoms with Gasteiger partial charge in [-0.1, -0.05) is 11.3 Å². The second-order valence-electron chi connectivity index (χ2n) is 6.32. The van der Waals surface area contributed by atoms with E-state index in [1.54, 1.807) is 24.7 Å². The quantitative estimate of drug-likeness (QED) is 0.612. The second-order valence-corrected chi connectivity index (χ2v) is 7.33. The van der Waals surface area contributed by atoms with Crippen LogP contribution in [0.2, 0.25) is 0 Å². The normalized spacial score (nSPS) is 11.8. The van der Waals surface area contributed by atoms with Gasteiger partial charge in [0.05, 0.1) is 23.9 Å². The van der Waals surface area contributed by atoms with E-state index in [4.69, 9.17) is 9.47 Å². The molecule has 1 aromatic carbocycles. The van der Waals surface area contributed by atoms with E-state index in [9.17, 15) is 9.59 Å². The minimum Gasteiger partial charge on any atom is -0.479 e. The standard InChI is InChI=1S/C19H22N4O4S/c1-6-27-16(24)10-23-14-7-11(2)12(3)8-15(14)28-19(23)20-17(25)13-9-22(4)21-18(13)26-5/h7-9H,6,10H2,1-5H3. The molecule has 0 N–H and O–H groups in total. The number of ether oxygens (including phenoxy) is 2. The molecule has 0 spiro atoms. The molecule has 0 saturated heterocycles. The summed E-state index contributed by atoms with van der Waals surface area (Å²) in [5.41, 5.74) is 3.32. The van der Waals surface area contributed by atoms with Gasteiger partial charge >= 0.3 is 5.97 Å². The van der Waals surface area contributed by atoms with Crippen molar-refractivity contribution in [2.75, 3.05) is 13.7 Å². The minimum atomic E-state index is -0.484. The second kappa shape index (κ2) is 7.97. The lowest BCUT2D eigenvalue weighted by Crippen LogP contribution is -2.23. The third kappa shape index (κ3) is 3.84. The molecule has 0 aliphatic rings. The highest BCUT2D eigenvalue weighted by Gasteiger charge is 2.18. The smallest absolute Gasteiger partial charge is 0.326 e. The Morgan fingerprint density at radius 2 is 1.96 bits per heavy atom. The number of carbonyl (C=O) groups is 2. The van der Waals surface area contributed by atoms with Gasteiger partial charge < -0.3 is 14.0 Å². The summed E-state index contributed by atoms with van der Waals surface area (Å²) in [6.07, 6.45) is 1.56. The van der Waals surface area contributed by atoms with Gasteiger partial charge in [0, 0.05) is 13.2 Å². The number of esters is 1. The number of hydrogen-bond acceptors (Lipinski definition) is 6. The molecule has 0 radical (unpaired) electrons. The number of amides is 1. The van der Waals surface area contributed by atoms with Crippen LogP contribution in [0.25, 0.3) is 10.2 Å². The third-order valence-electron chi connectivity index (χ3n) is 4.31. The summed E-state index contributed by atoms with van der Waals surface area (Å²) in [5, 5.41) is 4.09. The highest BCUT2D eigenvalue weighted by Crippen LogP contribution is 2.22. The molecular formula is C19H22N4O4S. The van der Waals surface area contributed by atoms with Crippen molar-refractivity contribution >= 4 is 33.4 Å². The molecule has 0 saturated carbocycles. The predicted octanol–water partition coefficient (Wildman–Crippen LogP) is 2.37. The number of rotatable bonds is 5. The summed E-state index contributed by atoms with van der Waals surface area (Å²) >= 11 is 1.35. The zero-order valence-electron chi connectivity index (χ0n) is 16.5. The first-order chi connectivity index (χ1) is 13.3. The van der Waals surface area contributed by atoms with Crippen LogP contribution in [0.1, 0.15) is 28.4 Å². The SMILES string of the molecule is CCOC(=O)Cn1c(=NC(=O)c2cn(C)nc2OC)sc2cc(C)c(C)cc21. The summed E-state index contributed by atoms with van der Waals surface area (Å²) in [7, 11) is 3.15. The van der Waals surface area contributed by atoms with Gasteiger partial charge in [-0.3, -0.25) is 14.3 Å². The third-order valence-corrected chi connectivity index (χ3v) is 5.35. The van der Waals surface area contributed by atoms with Crippen molar-refractivity contribution in [2.45, 2.75) is 27.3 Å². The van der Waals surface area contributed by atoms with Crippen LogP contribution >= 0.6 is 11.3 Å². The zero-order valence-corrected chi connectivity index (χ0v) is 17.3. The van der Waals surface area contributed by atoms with Crippen LogP contribution in [0.4, 0.5) is 0 Å². The first-order valence-corrected chi connectivity index (χ1v) is 9.58. The lowest BCUT2D eigenvalue weighted by Gasteiger charge is -2.06. The fraction of sp³-hybridized carbons (Fsp3) is 0.368. The Kier molecular flexibility index (Phi) is 5.64. The van der Waals surface area contributed by atoms with Crippen molar-refractivity contribution in [3.63, 3.8) is 0 Å². The summed E-state index contributed by atoms with van der Waals surface area (Å²) in [5.74, 6) is -0.656. The molecule has 0 aliphatic carbocycles. The molecule has 28 heavy (non-hydrogen) atoms. The monoisotopic (exact) mass is 402 g/mol. The lowest BCUT2D eigenvalue weighted by molar-refractivity contribution is -0.143. The minimum absolute atomic E-state index is 0.0212. The predicted molar refractivity (Wildman–Crippen MR) is 106 cm³/mol. The highest BCUT2D eigenvalue weighted by molar-refractivity contribution is 7.16. The average Bonchev–Trinajstić information content (AvgIpc) is 3.17. The Morgan fingerprint density at radius 3 is 2.64 bits per heavy atom. The van der Waals surface area contributed by atoms with Gasteiger partial charge in [-0.15, -0.1) is 5.10 Å². The number of benzene rings is 1. The van der Waals surface area contributed by atoms with E-state index in [1.165, 1.54) is 23.1 Å². The number of aromatic nitrogens is 3. The summed E-state index contributed by atoms with van der Waals surface area (Å²) in [6, 6.07) is 4.03. The van der Waals surface area contributed by atoms with E-state index < -0.39 is 5.91 Å². The van der Waals surface area contributed by atoms with E-state index in [1.807, 2.05) is 26.0 Å². The lowest BCUT2D eigenvalue weighted by atomic mass is 10.1. The first-order valence-electron chi connectivity index (χ1n) is 8.77. The maximum Gasteiger partial charge on any atom is 0.326 e. The summed E-state index contributed by atoms with van der Waals surface area (Å²) < 4.78 is 14.4. The van der Waals surface area contributed by atoms with Crippen LogP contribution in [0.5, 0.6) is 5.88 Å². The molecule has 2 heterocycles. The van der Waals surface area contributed by atoms with Gasteiger partial charge in [0.2, 0.25) is 5.88 Å². The van der Waals surface area contributed by atoms with Crippen LogP contribution in [-0.4, -0.2) is 39.9 Å². The number of aryl methyl sites for hydroxylation is 3. The molecule has 2 aromatic heterocycles. The largest absolute Gasteiger partial charge is 0.479 e. The zero-order chi connectivity index (χ0) is 20.4. The molecule has 0 fully saturated rings. The molecule has 0 atom stereocenters. The maximum absolute atomic E-state index is 12.8. The molecule has 9 heteroatoms. The van der Waals surface area contributed by atoms with Crippen molar-refractivity contribution in [1.29, 1.82) is 0 Å². The molecule has 3 aromatic rings. The topological polar surface area (TPSA) is 87.7 Å². The van der Waals surface area contributed by atoms with Crippen molar-refractivity contribution in [2.24, 2.45) is 12.0 Å². The van der Waals surface area contributed by atoms with Gasteiger partial charge in [-0.05, 0) is 44.0 Å². The summed E-state index contributed by atoms with van der Waals surface area (Å²) in [4.78, 5) is 29.6. The van der Waals surface area contributed by atoms with Crippen molar-refractivity contribution in [3.8, 4) is 5.88 Å². The van der Waals surface area contributed by atoms with Crippen LogP contribution in [0.3, 0.4) is 0 Å². The Bertz CT molecular complexity index is 1120. The molecule has 148 valence electrons. The van der Waals surface area contributed by atoms with Gasteiger partial charge in [0.25, 0.3) is 5.91 Å². The fourth-order valence-electron chi connectivity index (χ4n) is 2.81. The molecular weight excluding hydrogens is 380 g/mol. The van der Waals surface area contributed by atoms with Crippen LogP contribution in [-0.2, 0) is 23.1 Å². The van der Waals surface area contributed by atoms with Gasteiger partial charge in [0.1, 0.15) is 12.1 Å². The summed E-state index contributed by atoms with van der Waals surface area (Å²) in [6.45, 7) is 6.05. The fourth-order valence-corrected chi connectivity index (χ4v) is 3.92. The van der Waals surface area contributed by atoms with E-state index in [0.717, 1.165) is 21.3 Å². The molecule has 3 rings (SSSR count). The Labute approximate surface area is 166 Å². The maximum atomic E-state index is 12.8. The van der Waals surface area contributed by atoms with E-state index >= 15 is 0 Å². The number of hydrogen-bond donors (Lipinski definition) is 0. The molecule has 1 amide bonds. The van der Waals surface area contributed by atoms with Gasteiger partial charge in [0.15, 0.2) is 4.80 Å². The number of carbonyl (C=O) groups excluding carboxylic acids is 2. The number of nitrogens with zero attached hydrogens (tertiary/aromatic N) is 4. The molecule has 0 bridgehead atoms. The Balaban J connectivity index is 2.16. The van der Waals surface area contributed by atoms with Gasteiger partial charge in [-0.25, -0.2) is 0 Å². The number of methoxy groups -OCH3 is 1. The highest BCUT2D eigenvalue weighted by atomic mass is 32.1. The number of thiazole rings is 1. The van der Waals surface area contributed by atoms with Crippen molar-refractivity contribution in [3.05, 3.63) is 39.8 Å². The van der Waals surface area contributed by atoms with Crippen LogP contribution < -0.4 is 9.54 Å². The van der Waals surface area contributed by atoms with Crippen LogP contribution in [0.15, 0.2) is 23.3 Å². The number of fused-ring (bicyclic) bond motifs is 1. The molecule has 8 nitrogen and oxygen atoms in total. The van der Waals surface area contributed by atoms with Gasteiger partial charge in [-0.2, -0.15) is 4.99 Å². The molecule has 0 unspecified atom stereocenters. The average molecular weight is 402 g/mol. The van der Waals surface area contributed by atoms with E-state index in [0.29, 0.717) is 4.80 Å². The van der Waals surface area contributed by atoms with Crippen molar-refractivity contribution < 1.29 is 19.1 Å².